The lowest BCUT2D eigenvalue weighted by Crippen LogP contribution is -2.51. The van der Waals surface area contributed by atoms with E-state index in [1.165, 1.54) is 17.1 Å². The highest BCUT2D eigenvalue weighted by atomic mass is 19.3. The number of carbonyl (C=O) groups is 1. The molecule has 2 saturated carbocycles. The quantitative estimate of drug-likeness (QED) is 0.511. The van der Waals surface area contributed by atoms with E-state index in [-0.39, 0.29) is 42.4 Å². The van der Waals surface area contributed by atoms with Gasteiger partial charge < -0.3 is 14.7 Å². The van der Waals surface area contributed by atoms with Crippen LogP contribution in [0.3, 0.4) is 0 Å². The molecule has 9 nitrogen and oxygen atoms in total. The first-order chi connectivity index (χ1) is 18.5. The standard InChI is InChI=1S/C28H33F2N5O4/c1-26(9-10-26)25(37)33-13-11-27(38,12-14-33)17-34-18-31-23-22(24(34)36)16-32-35(23)19-3-2-4-21(15-19)39-20-5-7-28(29,30)8-6-20/h2-4,15-16,18,20,38H,5-14,17H2,1H3. The molecule has 3 fully saturated rings. The third kappa shape index (κ3) is 5.16. The number of aliphatic hydroxyl groups is 1. The van der Waals surface area contributed by atoms with Crippen LogP contribution < -0.4 is 10.3 Å². The molecule has 11 heteroatoms. The Bertz CT molecular complexity index is 1450. The predicted octanol–water partition coefficient (Wildman–Crippen LogP) is 3.69. The van der Waals surface area contributed by atoms with E-state index in [4.69, 9.17) is 4.74 Å². The van der Waals surface area contributed by atoms with Crippen molar-refractivity contribution in [3.63, 3.8) is 0 Å². The molecule has 1 aliphatic heterocycles. The van der Waals surface area contributed by atoms with Crippen LogP contribution in [0.15, 0.2) is 41.6 Å². The molecule has 2 aromatic heterocycles. The monoisotopic (exact) mass is 541 g/mol. The molecule has 0 bridgehead atoms. The van der Waals surface area contributed by atoms with Crippen molar-refractivity contribution in [3.05, 3.63) is 47.1 Å². The van der Waals surface area contributed by atoms with Gasteiger partial charge in [0.05, 0.1) is 30.1 Å². The summed E-state index contributed by atoms with van der Waals surface area (Å²) in [5, 5.41) is 15.9. The largest absolute Gasteiger partial charge is 0.490 e. The highest BCUT2D eigenvalue weighted by Gasteiger charge is 2.48. The topological polar surface area (TPSA) is 102 Å². The number of hydrogen-bond acceptors (Lipinski definition) is 6. The number of hydrogen-bond donors (Lipinski definition) is 1. The number of alkyl halides is 2. The van der Waals surface area contributed by atoms with E-state index in [0.29, 0.717) is 61.2 Å². The first-order valence-electron chi connectivity index (χ1n) is 13.6. The molecule has 208 valence electrons. The number of halogens is 2. The van der Waals surface area contributed by atoms with E-state index in [2.05, 4.69) is 10.1 Å². The number of rotatable bonds is 6. The van der Waals surface area contributed by atoms with Crippen LogP contribution in [-0.2, 0) is 11.3 Å². The second-order valence-corrected chi connectivity index (χ2v) is 11.7. The summed E-state index contributed by atoms with van der Waals surface area (Å²) in [6.07, 6.45) is 5.46. The number of piperidine rings is 1. The summed E-state index contributed by atoms with van der Waals surface area (Å²) in [4.78, 5) is 32.3. The molecule has 3 heterocycles. The smallest absolute Gasteiger partial charge is 0.264 e. The Morgan fingerprint density at radius 1 is 1.13 bits per heavy atom. The van der Waals surface area contributed by atoms with Crippen LogP contribution >= 0.6 is 0 Å². The maximum absolute atomic E-state index is 13.5. The molecule has 6 rings (SSSR count). The number of carbonyl (C=O) groups excluding carboxylic acids is 1. The van der Waals surface area contributed by atoms with Gasteiger partial charge in [-0.25, -0.2) is 18.4 Å². The Labute approximate surface area is 224 Å². The summed E-state index contributed by atoms with van der Waals surface area (Å²) in [5.41, 5.74) is -0.644. The van der Waals surface area contributed by atoms with Gasteiger partial charge in [-0.05, 0) is 50.7 Å². The Morgan fingerprint density at radius 2 is 1.85 bits per heavy atom. The summed E-state index contributed by atoms with van der Waals surface area (Å²) in [7, 11) is 0. The van der Waals surface area contributed by atoms with Gasteiger partial charge in [-0.3, -0.25) is 14.2 Å². The summed E-state index contributed by atoms with van der Waals surface area (Å²) in [6.45, 7) is 3.01. The van der Waals surface area contributed by atoms with Gasteiger partial charge in [-0.15, -0.1) is 0 Å². The fourth-order valence-corrected chi connectivity index (χ4v) is 5.65. The molecule has 1 aromatic carbocycles. The zero-order valence-electron chi connectivity index (χ0n) is 22.0. The Balaban J connectivity index is 1.16. The average molecular weight is 542 g/mol. The van der Waals surface area contributed by atoms with Crippen LogP contribution in [0.5, 0.6) is 5.75 Å². The van der Waals surface area contributed by atoms with Gasteiger partial charge in [0.15, 0.2) is 5.65 Å². The van der Waals surface area contributed by atoms with E-state index in [0.717, 1.165) is 12.8 Å². The summed E-state index contributed by atoms with van der Waals surface area (Å²) in [6, 6.07) is 7.12. The van der Waals surface area contributed by atoms with E-state index in [1.807, 2.05) is 11.8 Å². The molecule has 3 aliphatic rings. The van der Waals surface area contributed by atoms with Crippen molar-refractivity contribution in [3.8, 4) is 11.4 Å². The van der Waals surface area contributed by atoms with Crippen LogP contribution in [0.1, 0.15) is 58.3 Å². The van der Waals surface area contributed by atoms with Crippen LogP contribution in [0.25, 0.3) is 16.7 Å². The summed E-state index contributed by atoms with van der Waals surface area (Å²) >= 11 is 0. The lowest BCUT2D eigenvalue weighted by atomic mass is 9.90. The van der Waals surface area contributed by atoms with E-state index >= 15 is 0 Å². The molecule has 0 unspecified atom stereocenters. The minimum absolute atomic E-state index is 0.0863. The van der Waals surface area contributed by atoms with Crippen molar-refractivity contribution in [2.24, 2.45) is 5.41 Å². The molecular formula is C28H33F2N5O4. The van der Waals surface area contributed by atoms with Gasteiger partial charge in [-0.1, -0.05) is 13.0 Å². The van der Waals surface area contributed by atoms with Gasteiger partial charge in [0, 0.05) is 37.4 Å². The van der Waals surface area contributed by atoms with Crippen molar-refractivity contribution < 1.29 is 23.4 Å². The zero-order valence-corrected chi connectivity index (χ0v) is 22.0. The Kier molecular flexibility index (Phi) is 6.24. The Hall–Kier alpha value is -3.34. The van der Waals surface area contributed by atoms with Crippen molar-refractivity contribution in [1.29, 1.82) is 0 Å². The highest BCUT2D eigenvalue weighted by Crippen LogP contribution is 2.47. The molecule has 2 aliphatic carbocycles. The fraction of sp³-hybridized carbons (Fsp3) is 0.571. The average Bonchev–Trinajstić information content (AvgIpc) is 3.51. The predicted molar refractivity (Wildman–Crippen MR) is 139 cm³/mol. The molecule has 1 N–H and O–H groups in total. The second-order valence-electron chi connectivity index (χ2n) is 11.7. The Morgan fingerprint density at radius 3 is 2.54 bits per heavy atom. The number of nitrogens with zero attached hydrogens (tertiary/aromatic N) is 5. The van der Waals surface area contributed by atoms with E-state index < -0.39 is 11.5 Å². The van der Waals surface area contributed by atoms with Crippen LogP contribution in [0.4, 0.5) is 8.78 Å². The third-order valence-corrected chi connectivity index (χ3v) is 8.55. The van der Waals surface area contributed by atoms with Crippen molar-refractivity contribution in [2.45, 2.75) is 82.5 Å². The molecule has 0 atom stereocenters. The molecule has 1 amide bonds. The number of benzene rings is 1. The van der Waals surface area contributed by atoms with Gasteiger partial charge >= 0.3 is 0 Å². The second kappa shape index (κ2) is 9.39. The SMILES string of the molecule is CC1(C(=O)N2CCC(O)(Cn3cnc4c(cnn4-c4cccc(OC5CCC(F)(F)CC5)c4)c3=O)CC2)CC1. The minimum atomic E-state index is -2.62. The number of ether oxygens (including phenoxy) is 1. The maximum atomic E-state index is 13.5. The summed E-state index contributed by atoms with van der Waals surface area (Å²) in [5.74, 6) is -1.91. The first kappa shape index (κ1) is 25.9. The van der Waals surface area contributed by atoms with Gasteiger partial charge in [0.2, 0.25) is 11.8 Å². The van der Waals surface area contributed by atoms with E-state index in [1.54, 1.807) is 28.9 Å². The van der Waals surface area contributed by atoms with E-state index in [9.17, 15) is 23.5 Å². The van der Waals surface area contributed by atoms with Crippen LogP contribution in [-0.4, -0.2) is 66.0 Å². The summed E-state index contributed by atoms with van der Waals surface area (Å²) < 4.78 is 35.9. The lowest BCUT2D eigenvalue weighted by Gasteiger charge is -2.39. The number of aromatic nitrogens is 4. The van der Waals surface area contributed by atoms with Crippen LogP contribution in [0, 0.1) is 5.41 Å². The number of likely N-dealkylation sites (tertiary alicyclic amines) is 1. The first-order valence-corrected chi connectivity index (χ1v) is 13.6. The minimum Gasteiger partial charge on any atom is -0.490 e. The normalized spacial score (nSPS) is 22.1. The van der Waals surface area contributed by atoms with Gasteiger partial charge in [-0.2, -0.15) is 5.10 Å². The van der Waals surface area contributed by atoms with Gasteiger partial charge in [0.1, 0.15) is 17.5 Å². The lowest BCUT2D eigenvalue weighted by molar-refractivity contribution is -0.141. The molecule has 0 spiro atoms. The molecular weight excluding hydrogens is 508 g/mol. The molecule has 3 aromatic rings. The number of amides is 1. The van der Waals surface area contributed by atoms with Crippen molar-refractivity contribution in [1.82, 2.24) is 24.2 Å². The van der Waals surface area contributed by atoms with Crippen molar-refractivity contribution >= 4 is 16.9 Å². The molecule has 1 saturated heterocycles. The molecule has 0 radical (unpaired) electrons. The number of fused-ring (bicyclic) bond motifs is 1. The van der Waals surface area contributed by atoms with Gasteiger partial charge in [0.25, 0.3) is 5.56 Å². The molecule has 39 heavy (non-hydrogen) atoms. The zero-order chi connectivity index (χ0) is 27.4. The van der Waals surface area contributed by atoms with Crippen LogP contribution in [0.2, 0.25) is 0 Å². The van der Waals surface area contributed by atoms with Crippen molar-refractivity contribution in [2.75, 3.05) is 13.1 Å². The third-order valence-electron chi connectivity index (χ3n) is 8.55. The highest BCUT2D eigenvalue weighted by molar-refractivity contribution is 5.85. The maximum Gasteiger partial charge on any atom is 0.264 e. The fourth-order valence-electron chi connectivity index (χ4n) is 5.65.